The number of ketones is 1. The number of hydrogen-bond donors (Lipinski definition) is 0. The highest BCUT2D eigenvalue weighted by Crippen LogP contribution is 2.27. The van der Waals surface area contributed by atoms with E-state index in [1.165, 1.54) is 37.3 Å². The molecule has 2 aromatic rings. The minimum atomic E-state index is -0.703. The summed E-state index contributed by atoms with van der Waals surface area (Å²) in [5, 5.41) is 0. The minimum Gasteiger partial charge on any atom is -0.451 e. The van der Waals surface area contributed by atoms with Crippen molar-refractivity contribution in [3.8, 4) is 11.5 Å². The van der Waals surface area contributed by atoms with Gasteiger partial charge in [-0.3, -0.25) is 4.79 Å². The van der Waals surface area contributed by atoms with Crippen molar-refractivity contribution in [2.45, 2.75) is 6.92 Å². The molecule has 0 unspecified atom stereocenters. The van der Waals surface area contributed by atoms with E-state index in [2.05, 4.69) is 0 Å². The third kappa shape index (κ3) is 2.53. The number of carbonyl (C=O) groups excluding carboxylic acids is 1. The molecule has 18 heavy (non-hydrogen) atoms. The van der Waals surface area contributed by atoms with Crippen molar-refractivity contribution in [2.75, 3.05) is 0 Å². The summed E-state index contributed by atoms with van der Waals surface area (Å²) in [5.41, 5.74) is 0.244. The highest BCUT2D eigenvalue weighted by molar-refractivity contribution is 5.94. The Hall–Kier alpha value is -2.23. The molecule has 92 valence electrons. The van der Waals surface area contributed by atoms with Crippen molar-refractivity contribution in [3.05, 3.63) is 59.7 Å². The lowest BCUT2D eigenvalue weighted by Crippen LogP contribution is -1.96. The Morgan fingerprint density at radius 3 is 2.28 bits per heavy atom. The summed E-state index contributed by atoms with van der Waals surface area (Å²) in [4.78, 5) is 11.1. The van der Waals surface area contributed by atoms with Crippen LogP contribution in [0.4, 0.5) is 8.78 Å². The van der Waals surface area contributed by atoms with Gasteiger partial charge in [0.25, 0.3) is 0 Å². The van der Waals surface area contributed by atoms with Gasteiger partial charge >= 0.3 is 0 Å². The van der Waals surface area contributed by atoms with E-state index in [1.807, 2.05) is 0 Å². The highest BCUT2D eigenvalue weighted by Gasteiger charge is 2.10. The van der Waals surface area contributed by atoms with Crippen LogP contribution in [-0.2, 0) is 0 Å². The maximum atomic E-state index is 13.6. The summed E-state index contributed by atoms with van der Waals surface area (Å²) >= 11 is 0. The number of benzene rings is 2. The van der Waals surface area contributed by atoms with Crippen molar-refractivity contribution >= 4 is 5.78 Å². The average molecular weight is 248 g/mol. The maximum Gasteiger partial charge on any atom is 0.166 e. The minimum absolute atomic E-state index is 0.0630. The predicted octanol–water partition coefficient (Wildman–Crippen LogP) is 3.96. The van der Waals surface area contributed by atoms with Crippen LogP contribution in [0, 0.1) is 11.6 Å². The van der Waals surface area contributed by atoms with Crippen LogP contribution in [0.3, 0.4) is 0 Å². The van der Waals surface area contributed by atoms with Gasteiger partial charge in [0, 0.05) is 5.56 Å². The van der Waals surface area contributed by atoms with Gasteiger partial charge in [0.15, 0.2) is 28.9 Å². The van der Waals surface area contributed by atoms with E-state index in [9.17, 15) is 13.6 Å². The molecule has 2 nitrogen and oxygen atoms in total. The molecule has 4 heteroatoms. The lowest BCUT2D eigenvalue weighted by Gasteiger charge is -2.08. The zero-order chi connectivity index (χ0) is 13.1. The van der Waals surface area contributed by atoms with E-state index in [0.717, 1.165) is 6.07 Å². The molecule has 0 radical (unpaired) electrons. The Kier molecular flexibility index (Phi) is 3.37. The Morgan fingerprint density at radius 2 is 1.67 bits per heavy atom. The first-order chi connectivity index (χ1) is 8.58. The lowest BCUT2D eigenvalue weighted by atomic mass is 10.1. The second kappa shape index (κ2) is 4.96. The fourth-order valence-electron chi connectivity index (χ4n) is 1.45. The molecule has 0 saturated carbocycles. The van der Waals surface area contributed by atoms with Crippen LogP contribution in [0.5, 0.6) is 11.5 Å². The van der Waals surface area contributed by atoms with E-state index < -0.39 is 11.6 Å². The molecule has 0 N–H and O–H groups in total. The quantitative estimate of drug-likeness (QED) is 0.768. The molecule has 0 aliphatic rings. The Balaban J connectivity index is 2.30. The highest BCUT2D eigenvalue weighted by atomic mass is 19.1. The molecule has 0 aliphatic carbocycles. The summed E-state index contributed by atoms with van der Waals surface area (Å²) in [6.07, 6.45) is 0. The van der Waals surface area contributed by atoms with Crippen molar-refractivity contribution in [3.63, 3.8) is 0 Å². The molecule has 0 heterocycles. The Morgan fingerprint density at radius 1 is 1.00 bits per heavy atom. The van der Waals surface area contributed by atoms with Gasteiger partial charge in [0.2, 0.25) is 0 Å². The summed E-state index contributed by atoms with van der Waals surface area (Å²) in [6, 6.07) is 9.51. The van der Waals surface area contributed by atoms with Crippen LogP contribution in [0.1, 0.15) is 17.3 Å². The number of Topliss-reactive ketones (excluding diaryl/α,β-unsaturated/α-hetero) is 1. The zero-order valence-corrected chi connectivity index (χ0v) is 9.61. The fraction of sp³-hybridized carbons (Fsp3) is 0.0714. The largest absolute Gasteiger partial charge is 0.451 e. The van der Waals surface area contributed by atoms with Gasteiger partial charge in [-0.1, -0.05) is 12.1 Å². The summed E-state index contributed by atoms with van der Waals surface area (Å²) < 4.78 is 32.1. The monoisotopic (exact) mass is 248 g/mol. The fourth-order valence-corrected chi connectivity index (χ4v) is 1.45. The molecule has 0 fully saturated rings. The molecular formula is C14H10F2O2. The molecule has 0 bridgehead atoms. The first-order valence-electron chi connectivity index (χ1n) is 5.31. The normalized spacial score (nSPS) is 10.2. The SMILES string of the molecule is CC(=O)c1ccc(Oc2ccccc2F)c(F)c1. The van der Waals surface area contributed by atoms with Crippen LogP contribution in [0.2, 0.25) is 0 Å². The van der Waals surface area contributed by atoms with Crippen LogP contribution in [0.25, 0.3) is 0 Å². The van der Waals surface area contributed by atoms with Gasteiger partial charge in [-0.25, -0.2) is 8.78 Å². The number of carbonyl (C=O) groups is 1. The smallest absolute Gasteiger partial charge is 0.166 e. The third-order valence-electron chi connectivity index (χ3n) is 2.39. The van der Waals surface area contributed by atoms with Gasteiger partial charge in [-0.2, -0.15) is 0 Å². The Bertz CT molecular complexity index is 594. The van der Waals surface area contributed by atoms with E-state index >= 15 is 0 Å². The van der Waals surface area contributed by atoms with E-state index in [-0.39, 0.29) is 22.8 Å². The number of halogens is 2. The standard InChI is InChI=1S/C14H10F2O2/c1-9(17)10-6-7-14(12(16)8-10)18-13-5-3-2-4-11(13)15/h2-8H,1H3. The Labute approximate surface area is 103 Å². The van der Waals surface area contributed by atoms with Gasteiger partial charge in [0.1, 0.15) is 0 Å². The summed E-state index contributed by atoms with van der Waals surface area (Å²) in [7, 11) is 0. The van der Waals surface area contributed by atoms with Crippen LogP contribution in [-0.4, -0.2) is 5.78 Å². The van der Waals surface area contributed by atoms with Crippen LogP contribution in [0.15, 0.2) is 42.5 Å². The van der Waals surface area contributed by atoms with E-state index in [0.29, 0.717) is 0 Å². The molecule has 0 saturated heterocycles. The van der Waals surface area contributed by atoms with E-state index in [4.69, 9.17) is 4.74 Å². The van der Waals surface area contributed by atoms with Crippen LogP contribution < -0.4 is 4.74 Å². The molecular weight excluding hydrogens is 238 g/mol. The molecule has 2 rings (SSSR count). The summed E-state index contributed by atoms with van der Waals surface area (Å²) in [5.74, 6) is -1.71. The molecule has 2 aromatic carbocycles. The summed E-state index contributed by atoms with van der Waals surface area (Å²) in [6.45, 7) is 1.34. The van der Waals surface area contributed by atoms with Crippen LogP contribution >= 0.6 is 0 Å². The molecule has 0 atom stereocenters. The van der Waals surface area contributed by atoms with Crippen molar-refractivity contribution in [1.82, 2.24) is 0 Å². The zero-order valence-electron chi connectivity index (χ0n) is 9.61. The number of rotatable bonds is 3. The maximum absolute atomic E-state index is 13.6. The van der Waals surface area contributed by atoms with Crippen molar-refractivity contribution < 1.29 is 18.3 Å². The molecule has 0 aliphatic heterocycles. The molecule has 0 amide bonds. The van der Waals surface area contributed by atoms with Gasteiger partial charge in [0.05, 0.1) is 0 Å². The number of hydrogen-bond acceptors (Lipinski definition) is 2. The van der Waals surface area contributed by atoms with Gasteiger partial charge < -0.3 is 4.74 Å². The van der Waals surface area contributed by atoms with Crippen molar-refractivity contribution in [1.29, 1.82) is 0 Å². The first-order valence-corrected chi connectivity index (χ1v) is 5.31. The third-order valence-corrected chi connectivity index (χ3v) is 2.39. The second-order valence-corrected chi connectivity index (χ2v) is 3.73. The molecule has 0 aromatic heterocycles. The average Bonchev–Trinajstić information content (AvgIpc) is 2.34. The van der Waals surface area contributed by atoms with Crippen molar-refractivity contribution in [2.24, 2.45) is 0 Å². The first kappa shape index (κ1) is 12.2. The molecule has 0 spiro atoms. The van der Waals surface area contributed by atoms with E-state index in [1.54, 1.807) is 6.07 Å². The number of para-hydroxylation sites is 1. The topological polar surface area (TPSA) is 26.3 Å². The predicted molar refractivity (Wildman–Crippen MR) is 62.9 cm³/mol. The number of ether oxygens (including phenoxy) is 1. The van der Waals surface area contributed by atoms with Gasteiger partial charge in [-0.05, 0) is 37.3 Å². The lowest BCUT2D eigenvalue weighted by molar-refractivity contribution is 0.101. The second-order valence-electron chi connectivity index (χ2n) is 3.73. The van der Waals surface area contributed by atoms with Gasteiger partial charge in [-0.15, -0.1) is 0 Å².